The summed E-state index contributed by atoms with van der Waals surface area (Å²) in [5.74, 6) is 0.570. The van der Waals surface area contributed by atoms with Gasteiger partial charge in [-0.05, 0) is 92.5 Å². The first-order chi connectivity index (χ1) is 18.0. The van der Waals surface area contributed by atoms with Gasteiger partial charge < -0.3 is 20.0 Å². The number of β-amino-alcohol motifs (C(OH)–C–C–N with tert-alkyl or cyclic N) is 1. The Morgan fingerprint density at radius 2 is 1.89 bits per heavy atom. The van der Waals surface area contributed by atoms with E-state index in [1.165, 1.54) is 37.1 Å². The molecular formula is C30H35F3N2O3. The molecule has 5 nitrogen and oxygen atoms in total. The molecule has 2 aliphatic carbocycles. The maximum absolute atomic E-state index is 13.1. The first-order valence-electron chi connectivity index (χ1n) is 13.4. The SMILES string of the molecule is CN(C(=O)/C=C/c1cccc(C(F)(F)F)c1)C1CCC2(O)CN(CC3CC3)CCC2(c2cccc(O)c2)C1. The van der Waals surface area contributed by atoms with E-state index in [-0.39, 0.29) is 17.7 Å². The average Bonchev–Trinajstić information content (AvgIpc) is 3.70. The Balaban J connectivity index is 1.36. The molecule has 3 atom stereocenters. The van der Waals surface area contributed by atoms with E-state index in [1.807, 2.05) is 6.07 Å². The molecule has 2 aromatic rings. The smallest absolute Gasteiger partial charge is 0.416 e. The number of aromatic hydroxyl groups is 1. The molecule has 38 heavy (non-hydrogen) atoms. The van der Waals surface area contributed by atoms with Crippen LogP contribution in [0.2, 0.25) is 0 Å². The lowest BCUT2D eigenvalue weighted by Crippen LogP contribution is -2.67. The number of rotatable bonds is 6. The Morgan fingerprint density at radius 1 is 1.13 bits per heavy atom. The molecular weight excluding hydrogens is 493 g/mol. The van der Waals surface area contributed by atoms with Crippen LogP contribution in [0.5, 0.6) is 5.75 Å². The minimum absolute atomic E-state index is 0.148. The molecule has 0 radical (unpaired) electrons. The fourth-order valence-electron chi connectivity index (χ4n) is 6.47. The third-order valence-corrected chi connectivity index (χ3v) is 8.85. The van der Waals surface area contributed by atoms with Crippen molar-refractivity contribution < 1.29 is 28.2 Å². The Hall–Kier alpha value is -2.84. The lowest BCUT2D eigenvalue weighted by Gasteiger charge is -2.59. The minimum Gasteiger partial charge on any atom is -0.508 e. The highest BCUT2D eigenvalue weighted by Crippen LogP contribution is 2.53. The predicted octanol–water partition coefficient (Wildman–Crippen LogP) is 5.22. The number of likely N-dealkylation sites (N-methyl/N-ethyl adjacent to an activating group) is 1. The Bertz CT molecular complexity index is 1210. The number of fused-ring (bicyclic) bond motifs is 1. The molecule has 3 fully saturated rings. The summed E-state index contributed by atoms with van der Waals surface area (Å²) < 4.78 is 39.2. The molecule has 2 aromatic carbocycles. The molecule has 3 aliphatic rings. The minimum atomic E-state index is -4.45. The number of hydrogen-bond acceptors (Lipinski definition) is 4. The monoisotopic (exact) mass is 528 g/mol. The van der Waals surface area contributed by atoms with E-state index < -0.39 is 22.8 Å². The summed E-state index contributed by atoms with van der Waals surface area (Å²) >= 11 is 0. The van der Waals surface area contributed by atoms with E-state index in [0.29, 0.717) is 31.4 Å². The van der Waals surface area contributed by atoms with E-state index in [2.05, 4.69) is 4.90 Å². The second-order valence-electron chi connectivity index (χ2n) is 11.4. The topological polar surface area (TPSA) is 64.0 Å². The van der Waals surface area contributed by atoms with Gasteiger partial charge in [0.1, 0.15) is 5.75 Å². The van der Waals surface area contributed by atoms with Gasteiger partial charge in [-0.3, -0.25) is 4.79 Å². The molecule has 2 N–H and O–H groups in total. The first-order valence-corrected chi connectivity index (χ1v) is 13.4. The number of amides is 1. The van der Waals surface area contributed by atoms with Gasteiger partial charge in [-0.25, -0.2) is 0 Å². The molecule has 0 aromatic heterocycles. The number of likely N-dealkylation sites (tertiary alicyclic amines) is 1. The second kappa shape index (κ2) is 10.0. The number of phenolic OH excluding ortho intramolecular Hbond substituents is 1. The van der Waals surface area contributed by atoms with Crippen LogP contribution in [0.1, 0.15) is 55.2 Å². The average molecular weight is 529 g/mol. The number of carbonyl (C=O) groups is 1. The van der Waals surface area contributed by atoms with Crippen molar-refractivity contribution in [2.24, 2.45) is 5.92 Å². The standard InChI is InChI=1S/C30H35F3N2O3/c1-34(27(37)11-10-21-4-2-6-24(16-21)30(31,32)33)25-12-13-29(38)20-35(19-22-8-9-22)15-14-28(29,18-25)23-5-3-7-26(36)17-23/h2-7,10-11,16-17,22,25,36,38H,8-9,12-15,18-20H2,1H3/b11-10+. The summed E-state index contributed by atoms with van der Waals surface area (Å²) in [4.78, 5) is 17.1. The molecule has 5 rings (SSSR count). The maximum atomic E-state index is 13.1. The van der Waals surface area contributed by atoms with Crippen molar-refractivity contribution in [1.29, 1.82) is 0 Å². The number of phenols is 1. The molecule has 2 saturated carbocycles. The fourth-order valence-corrected chi connectivity index (χ4v) is 6.47. The van der Waals surface area contributed by atoms with Crippen LogP contribution >= 0.6 is 0 Å². The number of alkyl halides is 3. The summed E-state index contributed by atoms with van der Waals surface area (Å²) in [7, 11) is 1.71. The molecule has 1 heterocycles. The molecule has 0 bridgehead atoms. The zero-order chi connectivity index (χ0) is 27.1. The van der Waals surface area contributed by atoms with Crippen LogP contribution in [0.25, 0.3) is 6.08 Å². The van der Waals surface area contributed by atoms with E-state index in [4.69, 9.17) is 0 Å². The zero-order valence-corrected chi connectivity index (χ0v) is 21.6. The Morgan fingerprint density at radius 3 is 2.61 bits per heavy atom. The van der Waals surface area contributed by atoms with Crippen LogP contribution in [0.15, 0.2) is 54.6 Å². The van der Waals surface area contributed by atoms with Crippen molar-refractivity contribution >= 4 is 12.0 Å². The number of aliphatic hydroxyl groups is 1. The van der Waals surface area contributed by atoms with Crippen molar-refractivity contribution in [2.45, 2.75) is 61.8 Å². The summed E-state index contributed by atoms with van der Waals surface area (Å²) in [5.41, 5.74) is -1.17. The van der Waals surface area contributed by atoms with Crippen molar-refractivity contribution in [3.63, 3.8) is 0 Å². The quantitative estimate of drug-likeness (QED) is 0.505. The third-order valence-electron chi connectivity index (χ3n) is 8.85. The normalized spacial score (nSPS) is 28.3. The van der Waals surface area contributed by atoms with E-state index in [0.717, 1.165) is 43.1 Å². The lowest BCUT2D eigenvalue weighted by atomic mass is 9.55. The molecule has 1 aliphatic heterocycles. The Kier molecular flexibility index (Phi) is 7.07. The highest BCUT2D eigenvalue weighted by molar-refractivity contribution is 5.91. The Labute approximate surface area is 221 Å². The van der Waals surface area contributed by atoms with Gasteiger partial charge in [-0.2, -0.15) is 13.2 Å². The van der Waals surface area contributed by atoms with Gasteiger partial charge in [0.05, 0.1) is 11.2 Å². The van der Waals surface area contributed by atoms with Crippen LogP contribution in [-0.4, -0.2) is 64.2 Å². The number of piperidine rings is 1. The van der Waals surface area contributed by atoms with Crippen LogP contribution in [0, 0.1) is 5.92 Å². The first kappa shape index (κ1) is 26.8. The van der Waals surface area contributed by atoms with Gasteiger partial charge >= 0.3 is 6.18 Å². The predicted molar refractivity (Wildman–Crippen MR) is 139 cm³/mol. The number of halogens is 3. The number of benzene rings is 2. The molecule has 1 saturated heterocycles. The summed E-state index contributed by atoms with van der Waals surface area (Å²) in [6.45, 7) is 2.41. The van der Waals surface area contributed by atoms with E-state index >= 15 is 0 Å². The summed E-state index contributed by atoms with van der Waals surface area (Å²) in [5, 5.41) is 22.4. The highest BCUT2D eigenvalue weighted by atomic mass is 19.4. The number of hydrogen-bond donors (Lipinski definition) is 2. The fraction of sp³-hybridized carbons (Fsp3) is 0.500. The summed E-state index contributed by atoms with van der Waals surface area (Å²) in [6, 6.07) is 11.8. The van der Waals surface area contributed by atoms with Gasteiger partial charge in [0.2, 0.25) is 5.91 Å². The molecule has 0 spiro atoms. The lowest BCUT2D eigenvalue weighted by molar-refractivity contribution is -0.144. The number of carbonyl (C=O) groups excluding carboxylic acids is 1. The van der Waals surface area contributed by atoms with Crippen LogP contribution in [0.4, 0.5) is 13.2 Å². The molecule has 3 unspecified atom stereocenters. The maximum Gasteiger partial charge on any atom is 0.416 e. The molecule has 1 amide bonds. The van der Waals surface area contributed by atoms with Crippen molar-refractivity contribution in [3.05, 3.63) is 71.3 Å². The van der Waals surface area contributed by atoms with Gasteiger partial charge in [0.25, 0.3) is 0 Å². The van der Waals surface area contributed by atoms with Gasteiger partial charge in [-0.15, -0.1) is 0 Å². The van der Waals surface area contributed by atoms with Crippen molar-refractivity contribution in [3.8, 4) is 5.75 Å². The van der Waals surface area contributed by atoms with Crippen LogP contribution < -0.4 is 0 Å². The zero-order valence-electron chi connectivity index (χ0n) is 21.6. The van der Waals surface area contributed by atoms with Gasteiger partial charge in [-0.1, -0.05) is 24.3 Å². The van der Waals surface area contributed by atoms with Crippen LogP contribution in [-0.2, 0) is 16.4 Å². The van der Waals surface area contributed by atoms with Gasteiger partial charge in [0.15, 0.2) is 0 Å². The summed E-state index contributed by atoms with van der Waals surface area (Å²) in [6.07, 6.45) is 3.17. The van der Waals surface area contributed by atoms with Crippen molar-refractivity contribution in [2.75, 3.05) is 26.7 Å². The van der Waals surface area contributed by atoms with Crippen molar-refractivity contribution in [1.82, 2.24) is 9.80 Å². The van der Waals surface area contributed by atoms with Crippen LogP contribution in [0.3, 0.4) is 0 Å². The largest absolute Gasteiger partial charge is 0.508 e. The number of nitrogens with zero attached hydrogens (tertiary/aromatic N) is 2. The molecule has 204 valence electrons. The highest BCUT2D eigenvalue weighted by Gasteiger charge is 2.58. The second-order valence-corrected chi connectivity index (χ2v) is 11.4. The van der Waals surface area contributed by atoms with E-state index in [9.17, 15) is 28.2 Å². The van der Waals surface area contributed by atoms with E-state index in [1.54, 1.807) is 30.1 Å². The third kappa shape index (κ3) is 5.34. The molecule has 8 heteroatoms. The van der Waals surface area contributed by atoms with Gasteiger partial charge in [0, 0.05) is 37.7 Å².